The van der Waals surface area contributed by atoms with Crippen molar-refractivity contribution in [2.45, 2.75) is 0 Å². The number of benzene rings is 1. The Morgan fingerprint density at radius 2 is 1.68 bits per heavy atom. The third-order valence-electron chi connectivity index (χ3n) is 2.39. The number of aromatic amines is 1. The van der Waals surface area contributed by atoms with E-state index in [9.17, 15) is 14.9 Å². The fourth-order valence-electron chi connectivity index (χ4n) is 1.50. The topological polar surface area (TPSA) is 76.0 Å². The summed E-state index contributed by atoms with van der Waals surface area (Å²) in [6.45, 7) is 0. The highest BCUT2D eigenvalue weighted by molar-refractivity contribution is 6.48. The summed E-state index contributed by atoms with van der Waals surface area (Å²) in [5.74, 6) is 0. The van der Waals surface area contributed by atoms with E-state index in [1.54, 1.807) is 0 Å². The molecule has 0 aliphatic carbocycles. The molecular formula is C11H5Cl3N2O3. The van der Waals surface area contributed by atoms with Gasteiger partial charge in [0.25, 0.3) is 11.2 Å². The molecule has 19 heavy (non-hydrogen) atoms. The van der Waals surface area contributed by atoms with E-state index in [-0.39, 0.29) is 26.3 Å². The fraction of sp³-hybridized carbons (Fsp3) is 0. The van der Waals surface area contributed by atoms with Crippen molar-refractivity contribution in [1.82, 2.24) is 4.98 Å². The number of hydrogen-bond acceptors (Lipinski definition) is 3. The zero-order valence-corrected chi connectivity index (χ0v) is 11.4. The summed E-state index contributed by atoms with van der Waals surface area (Å²) in [6.07, 6.45) is 1.02. The zero-order chi connectivity index (χ0) is 14.2. The number of H-pyrrole nitrogens is 1. The van der Waals surface area contributed by atoms with Crippen molar-refractivity contribution in [1.29, 1.82) is 0 Å². The van der Waals surface area contributed by atoms with Crippen LogP contribution in [-0.4, -0.2) is 9.91 Å². The number of nitrogens with zero attached hydrogens (tertiary/aromatic N) is 1. The highest BCUT2D eigenvalue weighted by Crippen LogP contribution is 2.34. The smallest absolute Gasteiger partial charge is 0.286 e. The van der Waals surface area contributed by atoms with Crippen LogP contribution in [0.15, 0.2) is 29.2 Å². The van der Waals surface area contributed by atoms with E-state index in [0.29, 0.717) is 5.56 Å². The molecule has 1 heterocycles. The normalized spacial score (nSPS) is 10.5. The average Bonchev–Trinajstić information content (AvgIpc) is 2.35. The van der Waals surface area contributed by atoms with E-state index >= 15 is 0 Å². The molecule has 0 saturated carbocycles. The van der Waals surface area contributed by atoms with Gasteiger partial charge in [0.05, 0.1) is 31.8 Å². The van der Waals surface area contributed by atoms with Crippen LogP contribution >= 0.6 is 34.8 Å². The minimum Gasteiger partial charge on any atom is -0.322 e. The molecule has 0 atom stereocenters. The van der Waals surface area contributed by atoms with Gasteiger partial charge in [-0.15, -0.1) is 0 Å². The van der Waals surface area contributed by atoms with Crippen molar-refractivity contribution in [3.63, 3.8) is 0 Å². The van der Waals surface area contributed by atoms with Gasteiger partial charge in [-0.05, 0) is 17.7 Å². The Kier molecular flexibility index (Phi) is 3.80. The van der Waals surface area contributed by atoms with Gasteiger partial charge in [-0.25, -0.2) is 0 Å². The quantitative estimate of drug-likeness (QED) is 0.518. The lowest BCUT2D eigenvalue weighted by Crippen LogP contribution is -2.09. The van der Waals surface area contributed by atoms with Crippen LogP contribution in [0.1, 0.15) is 0 Å². The summed E-state index contributed by atoms with van der Waals surface area (Å²) in [5, 5.41) is 11.2. The second kappa shape index (κ2) is 5.21. The average molecular weight is 320 g/mol. The van der Waals surface area contributed by atoms with Crippen molar-refractivity contribution in [3.8, 4) is 11.1 Å². The number of nitrogens with one attached hydrogen (secondary N) is 1. The standard InChI is InChI=1S/C11H5Cl3N2O3/c12-8-1-5(2-9(13)10(8)14)7-3-6(16(18)19)4-15-11(7)17/h1-4H,(H,15,17). The Morgan fingerprint density at radius 3 is 2.21 bits per heavy atom. The van der Waals surface area contributed by atoms with Crippen LogP contribution in [0.25, 0.3) is 11.1 Å². The molecule has 2 aromatic rings. The Balaban J connectivity index is 2.68. The summed E-state index contributed by atoms with van der Waals surface area (Å²) >= 11 is 17.5. The minimum absolute atomic E-state index is 0.0923. The third-order valence-corrected chi connectivity index (χ3v) is 3.59. The van der Waals surface area contributed by atoms with E-state index in [2.05, 4.69) is 4.98 Å². The summed E-state index contributed by atoms with van der Waals surface area (Å²) in [4.78, 5) is 24.1. The number of hydrogen-bond donors (Lipinski definition) is 1. The molecule has 0 aliphatic heterocycles. The van der Waals surface area contributed by atoms with Gasteiger partial charge in [0.15, 0.2) is 0 Å². The molecule has 0 bridgehead atoms. The summed E-state index contributed by atoms with van der Waals surface area (Å²) in [6, 6.07) is 3.99. The maximum Gasteiger partial charge on any atom is 0.286 e. The van der Waals surface area contributed by atoms with Crippen LogP contribution in [0.3, 0.4) is 0 Å². The molecule has 1 aromatic heterocycles. The monoisotopic (exact) mass is 318 g/mol. The van der Waals surface area contributed by atoms with E-state index in [0.717, 1.165) is 12.3 Å². The van der Waals surface area contributed by atoms with Crippen molar-refractivity contribution < 1.29 is 4.92 Å². The van der Waals surface area contributed by atoms with E-state index in [4.69, 9.17) is 34.8 Å². The van der Waals surface area contributed by atoms with Crippen molar-refractivity contribution in [2.24, 2.45) is 0 Å². The van der Waals surface area contributed by atoms with Crippen LogP contribution in [0, 0.1) is 10.1 Å². The molecule has 0 amide bonds. The minimum atomic E-state index is -0.613. The van der Waals surface area contributed by atoms with Gasteiger partial charge in [0, 0.05) is 6.07 Å². The first-order chi connectivity index (χ1) is 8.90. The van der Waals surface area contributed by atoms with Gasteiger partial charge >= 0.3 is 0 Å². The lowest BCUT2D eigenvalue weighted by atomic mass is 10.1. The van der Waals surface area contributed by atoms with E-state index in [1.807, 2.05) is 0 Å². The molecule has 98 valence electrons. The first kappa shape index (κ1) is 13.9. The summed E-state index contributed by atoms with van der Waals surface area (Å²) < 4.78 is 0. The Labute approximate surface area is 121 Å². The molecule has 0 unspecified atom stereocenters. The summed E-state index contributed by atoms with van der Waals surface area (Å²) in [5.41, 5.74) is -0.282. The van der Waals surface area contributed by atoms with Crippen LogP contribution in [0.5, 0.6) is 0 Å². The molecule has 0 aliphatic rings. The molecule has 1 N–H and O–H groups in total. The second-order valence-electron chi connectivity index (χ2n) is 3.61. The van der Waals surface area contributed by atoms with Gasteiger partial charge in [0.1, 0.15) is 0 Å². The SMILES string of the molecule is O=c1[nH]cc([N+](=O)[O-])cc1-c1cc(Cl)c(Cl)c(Cl)c1. The van der Waals surface area contributed by atoms with E-state index < -0.39 is 10.5 Å². The fourth-order valence-corrected chi connectivity index (χ4v) is 2.10. The number of halogens is 3. The lowest BCUT2D eigenvalue weighted by Gasteiger charge is -2.05. The first-order valence-electron chi connectivity index (χ1n) is 4.92. The van der Waals surface area contributed by atoms with Gasteiger partial charge in [-0.1, -0.05) is 34.8 Å². The van der Waals surface area contributed by atoms with Crippen LogP contribution < -0.4 is 5.56 Å². The molecule has 0 radical (unpaired) electrons. The van der Waals surface area contributed by atoms with E-state index in [1.165, 1.54) is 12.1 Å². The van der Waals surface area contributed by atoms with Crippen LogP contribution in [0.4, 0.5) is 5.69 Å². The molecule has 5 nitrogen and oxygen atoms in total. The van der Waals surface area contributed by atoms with Gasteiger partial charge in [-0.3, -0.25) is 14.9 Å². The largest absolute Gasteiger partial charge is 0.322 e. The van der Waals surface area contributed by atoms with Crippen LogP contribution in [0.2, 0.25) is 15.1 Å². The lowest BCUT2D eigenvalue weighted by molar-refractivity contribution is -0.385. The predicted molar refractivity (Wildman–Crippen MR) is 74.2 cm³/mol. The highest BCUT2D eigenvalue weighted by atomic mass is 35.5. The Hall–Kier alpha value is -1.56. The van der Waals surface area contributed by atoms with Crippen molar-refractivity contribution >= 4 is 40.5 Å². The Bertz CT molecular complexity index is 704. The van der Waals surface area contributed by atoms with Crippen molar-refractivity contribution in [2.75, 3.05) is 0 Å². The number of aromatic nitrogens is 1. The molecule has 0 spiro atoms. The number of pyridine rings is 1. The maximum atomic E-state index is 11.7. The first-order valence-corrected chi connectivity index (χ1v) is 6.05. The molecule has 2 rings (SSSR count). The molecule has 0 fully saturated rings. The molecular weight excluding hydrogens is 314 g/mol. The van der Waals surface area contributed by atoms with Gasteiger partial charge in [0.2, 0.25) is 0 Å². The predicted octanol–water partition coefficient (Wildman–Crippen LogP) is 3.91. The van der Waals surface area contributed by atoms with Crippen molar-refractivity contribution in [3.05, 3.63) is 59.9 Å². The van der Waals surface area contributed by atoms with Gasteiger partial charge in [-0.2, -0.15) is 0 Å². The highest BCUT2D eigenvalue weighted by Gasteiger charge is 2.14. The second-order valence-corrected chi connectivity index (χ2v) is 4.80. The maximum absolute atomic E-state index is 11.7. The Morgan fingerprint density at radius 1 is 1.11 bits per heavy atom. The molecule has 1 aromatic carbocycles. The van der Waals surface area contributed by atoms with Gasteiger partial charge < -0.3 is 4.98 Å². The zero-order valence-electron chi connectivity index (χ0n) is 9.12. The molecule has 0 saturated heterocycles. The summed E-state index contributed by atoms with van der Waals surface area (Å²) in [7, 11) is 0. The molecule has 8 heteroatoms. The van der Waals surface area contributed by atoms with Crippen LogP contribution in [-0.2, 0) is 0 Å². The third kappa shape index (κ3) is 2.73. The number of rotatable bonds is 2. The number of nitro groups is 1.